The maximum absolute atomic E-state index is 12.6. The van der Waals surface area contributed by atoms with Crippen molar-refractivity contribution in [1.82, 2.24) is 0 Å². The number of hydrogen-bond acceptors (Lipinski definition) is 8. The van der Waals surface area contributed by atoms with Crippen molar-refractivity contribution < 1.29 is 42.1 Å². The lowest BCUT2D eigenvalue weighted by atomic mass is 10.1. The molecule has 0 saturated heterocycles. The Morgan fingerprint density at radius 3 is 1.57 bits per heavy atom. The number of carbonyl (C=O) groups is 2. The topological polar surface area (TPSA) is 111 Å². The van der Waals surface area contributed by atoms with Crippen molar-refractivity contribution in [3.8, 4) is 0 Å². The van der Waals surface area contributed by atoms with Gasteiger partial charge >= 0.3 is 11.9 Å². The van der Waals surface area contributed by atoms with E-state index < -0.39 is 32.5 Å². The van der Waals surface area contributed by atoms with E-state index in [-0.39, 0.29) is 26.1 Å². The van der Waals surface area contributed by atoms with Crippen LogP contribution < -0.4 is 4.89 Å². The summed E-state index contributed by atoms with van der Waals surface area (Å²) in [6.07, 6.45) is 47.7. The van der Waals surface area contributed by atoms with E-state index in [4.69, 9.17) is 18.5 Å². The maximum atomic E-state index is 12.6. The van der Waals surface area contributed by atoms with E-state index in [1.807, 2.05) is 27.2 Å². The van der Waals surface area contributed by atoms with Crippen LogP contribution in [0.2, 0.25) is 0 Å². The van der Waals surface area contributed by atoms with E-state index in [0.717, 1.165) is 57.8 Å². The Hall–Kier alpha value is -2.81. The molecule has 0 aromatic carbocycles. The SMILES string of the molecule is CC/C=C/C/C=C/C/C=C/C/C=C/C/C=C/CCCC(=O)O[C@H](COC(=O)CCCC/C=C/C/C=C/CCCCCCCC)COP(=O)([O-])OCC[N+](C)(C)C. The van der Waals surface area contributed by atoms with Gasteiger partial charge in [-0.05, 0) is 83.5 Å². The van der Waals surface area contributed by atoms with Crippen LogP contribution in [-0.2, 0) is 32.7 Å². The second kappa shape index (κ2) is 37.7. The molecule has 2 atom stereocenters. The van der Waals surface area contributed by atoms with Gasteiger partial charge in [-0.2, -0.15) is 0 Å². The summed E-state index contributed by atoms with van der Waals surface area (Å²) >= 11 is 0. The van der Waals surface area contributed by atoms with Crippen molar-refractivity contribution in [2.45, 2.75) is 148 Å². The summed E-state index contributed by atoms with van der Waals surface area (Å²) in [6.45, 7) is 3.97. The first-order valence-electron chi connectivity index (χ1n) is 21.3. The molecule has 0 N–H and O–H groups in total. The second-order valence-electron chi connectivity index (χ2n) is 15.0. The molecule has 1 unspecified atom stereocenters. The van der Waals surface area contributed by atoms with E-state index in [1.165, 1.54) is 38.5 Å². The van der Waals surface area contributed by atoms with Crippen LogP contribution >= 0.6 is 7.82 Å². The number of nitrogens with zero attached hydrogens (tertiary/aromatic N) is 1. The molecule has 0 spiro atoms. The van der Waals surface area contributed by atoms with Crippen LogP contribution in [0, 0.1) is 0 Å². The molecule has 0 heterocycles. The quantitative estimate of drug-likeness (QED) is 0.0201. The fourth-order valence-corrected chi connectivity index (χ4v) is 5.80. The fraction of sp³-hybridized carbons (Fsp3) is 0.652. The van der Waals surface area contributed by atoms with Gasteiger partial charge in [0.1, 0.15) is 19.8 Å². The zero-order chi connectivity index (χ0) is 41.4. The number of unbranched alkanes of at least 4 members (excludes halogenated alkanes) is 9. The van der Waals surface area contributed by atoms with Gasteiger partial charge in [0.15, 0.2) is 6.10 Å². The van der Waals surface area contributed by atoms with Crippen molar-refractivity contribution >= 4 is 19.8 Å². The zero-order valence-corrected chi connectivity index (χ0v) is 36.7. The summed E-state index contributed by atoms with van der Waals surface area (Å²) in [5.41, 5.74) is 0. The summed E-state index contributed by atoms with van der Waals surface area (Å²) in [6, 6.07) is 0. The predicted octanol–water partition coefficient (Wildman–Crippen LogP) is 11.4. The molecular formula is C46H78NO8P. The number of ether oxygens (including phenoxy) is 2. The van der Waals surface area contributed by atoms with Gasteiger partial charge in [-0.3, -0.25) is 14.2 Å². The normalized spacial score (nSPS) is 14.5. The highest BCUT2D eigenvalue weighted by molar-refractivity contribution is 7.45. The third kappa shape index (κ3) is 40.8. The molecule has 0 fully saturated rings. The van der Waals surface area contributed by atoms with Crippen molar-refractivity contribution in [2.75, 3.05) is 47.5 Å². The first-order valence-corrected chi connectivity index (χ1v) is 22.8. The number of phosphoric ester groups is 1. The van der Waals surface area contributed by atoms with Crippen LogP contribution in [0.15, 0.2) is 85.1 Å². The maximum Gasteiger partial charge on any atom is 0.306 e. The molecule has 0 aromatic heterocycles. The van der Waals surface area contributed by atoms with E-state index in [9.17, 15) is 19.0 Å². The number of rotatable bonds is 37. The lowest BCUT2D eigenvalue weighted by Crippen LogP contribution is -2.37. The van der Waals surface area contributed by atoms with Crippen LogP contribution in [0.4, 0.5) is 0 Å². The van der Waals surface area contributed by atoms with Crippen LogP contribution in [0.3, 0.4) is 0 Å². The molecule has 0 bridgehead atoms. The molecule has 0 radical (unpaired) electrons. The van der Waals surface area contributed by atoms with Crippen LogP contribution in [0.1, 0.15) is 142 Å². The molecule has 0 aliphatic carbocycles. The highest BCUT2D eigenvalue weighted by atomic mass is 31.2. The minimum atomic E-state index is -4.65. The standard InChI is InChI=1S/C46H78NO8P/c1-6-8-10-12-14-16-18-20-22-23-25-27-29-31-33-35-37-39-46(49)55-44(43-54-56(50,51)53-41-40-47(3,4)5)42-52-45(48)38-36-34-32-30-28-26-24-21-19-17-15-13-11-9-7-2/h8,10,14,16,20-22,24-25,27-28,30-31,33,44H,6-7,9,11-13,15,17-19,23,26,29,32,34-43H2,1-5H3/b10-8+,16-14+,22-20+,24-21+,27-25+,30-28+,33-31+/t44-/m1/s1. The molecule has 9 nitrogen and oxygen atoms in total. The number of esters is 2. The molecule has 0 aliphatic heterocycles. The number of likely N-dealkylation sites (N-methyl/N-ethyl adjacent to an activating group) is 1. The average Bonchev–Trinajstić information content (AvgIpc) is 3.15. The molecule has 0 aromatic rings. The van der Waals surface area contributed by atoms with Gasteiger partial charge in [0.25, 0.3) is 7.82 Å². The smallest absolute Gasteiger partial charge is 0.306 e. The van der Waals surface area contributed by atoms with Gasteiger partial charge in [-0.25, -0.2) is 0 Å². The van der Waals surface area contributed by atoms with E-state index in [1.54, 1.807) is 0 Å². The van der Waals surface area contributed by atoms with Gasteiger partial charge in [-0.15, -0.1) is 0 Å². The van der Waals surface area contributed by atoms with E-state index in [2.05, 4.69) is 92.8 Å². The Kier molecular flexibility index (Phi) is 35.9. The molecule has 56 heavy (non-hydrogen) atoms. The predicted molar refractivity (Wildman–Crippen MR) is 231 cm³/mol. The molecular weight excluding hydrogens is 725 g/mol. The highest BCUT2D eigenvalue weighted by Crippen LogP contribution is 2.38. The van der Waals surface area contributed by atoms with Crippen LogP contribution in [0.25, 0.3) is 0 Å². The summed E-state index contributed by atoms with van der Waals surface area (Å²) in [7, 11) is 1.10. The Morgan fingerprint density at radius 2 is 1.04 bits per heavy atom. The van der Waals surface area contributed by atoms with E-state index >= 15 is 0 Å². The summed E-state index contributed by atoms with van der Waals surface area (Å²) in [4.78, 5) is 37.5. The molecule has 320 valence electrons. The molecule has 0 rings (SSSR count). The zero-order valence-electron chi connectivity index (χ0n) is 35.8. The average molecular weight is 804 g/mol. The van der Waals surface area contributed by atoms with E-state index in [0.29, 0.717) is 30.3 Å². The first kappa shape index (κ1) is 53.2. The Balaban J connectivity index is 4.56. The molecule has 0 saturated carbocycles. The van der Waals surface area contributed by atoms with Crippen molar-refractivity contribution in [3.05, 3.63) is 85.1 Å². The third-order valence-electron chi connectivity index (χ3n) is 8.40. The third-order valence-corrected chi connectivity index (χ3v) is 9.36. The molecule has 10 heteroatoms. The van der Waals surface area contributed by atoms with Gasteiger partial charge in [0.2, 0.25) is 0 Å². The Bertz CT molecular complexity index is 1230. The Morgan fingerprint density at radius 1 is 0.571 bits per heavy atom. The summed E-state index contributed by atoms with van der Waals surface area (Å²) in [5, 5.41) is 0. The number of quaternary nitrogens is 1. The van der Waals surface area contributed by atoms with Crippen molar-refractivity contribution in [2.24, 2.45) is 0 Å². The number of phosphoric acid groups is 1. The molecule has 0 amide bonds. The van der Waals surface area contributed by atoms with Gasteiger partial charge in [0, 0.05) is 12.8 Å². The monoisotopic (exact) mass is 804 g/mol. The minimum Gasteiger partial charge on any atom is -0.756 e. The van der Waals surface area contributed by atoms with Gasteiger partial charge < -0.3 is 27.9 Å². The number of allylic oxidation sites excluding steroid dienone is 14. The molecule has 0 aliphatic rings. The van der Waals surface area contributed by atoms with Crippen molar-refractivity contribution in [3.63, 3.8) is 0 Å². The first-order chi connectivity index (χ1) is 27.0. The summed E-state index contributed by atoms with van der Waals surface area (Å²) in [5.74, 6) is -0.951. The summed E-state index contributed by atoms with van der Waals surface area (Å²) < 4.78 is 33.7. The Labute approximate surface area is 341 Å². The number of hydrogen-bond donors (Lipinski definition) is 0. The largest absolute Gasteiger partial charge is 0.756 e. The highest BCUT2D eigenvalue weighted by Gasteiger charge is 2.21. The van der Waals surface area contributed by atoms with Crippen LogP contribution in [0.5, 0.6) is 0 Å². The fourth-order valence-electron chi connectivity index (χ4n) is 5.07. The van der Waals surface area contributed by atoms with Crippen molar-refractivity contribution in [1.29, 1.82) is 0 Å². The minimum absolute atomic E-state index is 0.0509. The van der Waals surface area contributed by atoms with Gasteiger partial charge in [0.05, 0.1) is 27.7 Å². The number of carbonyl (C=O) groups excluding carboxylic acids is 2. The lowest BCUT2D eigenvalue weighted by molar-refractivity contribution is -0.870. The second-order valence-corrected chi connectivity index (χ2v) is 16.4. The lowest BCUT2D eigenvalue weighted by Gasteiger charge is -2.28. The van der Waals surface area contributed by atoms with Crippen LogP contribution in [-0.4, -0.2) is 70.0 Å². The van der Waals surface area contributed by atoms with Gasteiger partial charge in [-0.1, -0.05) is 131 Å².